The Morgan fingerprint density at radius 1 is 1.13 bits per heavy atom. The molecule has 0 saturated carbocycles. The second-order valence-corrected chi connectivity index (χ2v) is 3.59. The molecular weight excluding hydrogens is 205 g/mol. The SMILES string of the molecule is Cc1cc(C)cc(CC(=O)C(F)(F)F)c1. The fraction of sp³-hybridized carbons (Fsp3) is 0.364. The van der Waals surface area contributed by atoms with E-state index in [4.69, 9.17) is 0 Å². The predicted octanol–water partition coefficient (Wildman–Crippen LogP) is 2.98. The summed E-state index contributed by atoms with van der Waals surface area (Å²) in [4.78, 5) is 10.7. The van der Waals surface area contributed by atoms with E-state index < -0.39 is 18.4 Å². The standard InChI is InChI=1S/C11H11F3O/c1-7-3-8(2)5-9(4-7)6-10(15)11(12,13)14/h3-5H,6H2,1-2H3. The van der Waals surface area contributed by atoms with Crippen molar-refractivity contribution in [3.05, 3.63) is 34.9 Å². The molecule has 1 aromatic rings. The van der Waals surface area contributed by atoms with Crippen molar-refractivity contribution in [2.75, 3.05) is 0 Å². The fourth-order valence-corrected chi connectivity index (χ4v) is 1.46. The molecule has 1 aromatic carbocycles. The molecule has 0 amide bonds. The number of Topliss-reactive ketones (excluding diaryl/α,β-unsaturated/α-hetero) is 1. The van der Waals surface area contributed by atoms with Crippen LogP contribution in [0.15, 0.2) is 18.2 Å². The average molecular weight is 216 g/mol. The van der Waals surface area contributed by atoms with Gasteiger partial charge in [-0.1, -0.05) is 29.3 Å². The number of carbonyl (C=O) groups excluding carboxylic acids is 1. The van der Waals surface area contributed by atoms with Crippen molar-refractivity contribution in [3.8, 4) is 0 Å². The molecule has 15 heavy (non-hydrogen) atoms. The Labute approximate surface area is 85.9 Å². The van der Waals surface area contributed by atoms with Gasteiger partial charge >= 0.3 is 6.18 Å². The van der Waals surface area contributed by atoms with Gasteiger partial charge in [0.1, 0.15) is 0 Å². The van der Waals surface area contributed by atoms with Crippen LogP contribution in [0.2, 0.25) is 0 Å². The van der Waals surface area contributed by atoms with Crippen LogP contribution in [0.3, 0.4) is 0 Å². The lowest BCUT2D eigenvalue weighted by Crippen LogP contribution is -2.24. The minimum Gasteiger partial charge on any atom is -0.289 e. The average Bonchev–Trinajstić information content (AvgIpc) is 1.99. The van der Waals surface area contributed by atoms with Crippen molar-refractivity contribution in [2.45, 2.75) is 26.4 Å². The summed E-state index contributed by atoms with van der Waals surface area (Å²) in [6, 6.07) is 5.04. The second-order valence-electron chi connectivity index (χ2n) is 3.59. The van der Waals surface area contributed by atoms with Crippen LogP contribution in [-0.2, 0) is 11.2 Å². The van der Waals surface area contributed by atoms with Gasteiger partial charge in [0.05, 0.1) is 0 Å². The summed E-state index contributed by atoms with van der Waals surface area (Å²) in [5.41, 5.74) is 2.13. The number of halogens is 3. The Bertz CT molecular complexity index is 360. The van der Waals surface area contributed by atoms with Crippen LogP contribution in [0.25, 0.3) is 0 Å². The number of rotatable bonds is 2. The summed E-state index contributed by atoms with van der Waals surface area (Å²) in [5, 5.41) is 0. The Morgan fingerprint density at radius 2 is 1.60 bits per heavy atom. The largest absolute Gasteiger partial charge is 0.450 e. The van der Waals surface area contributed by atoms with E-state index in [0.717, 1.165) is 11.1 Å². The third kappa shape index (κ3) is 3.38. The van der Waals surface area contributed by atoms with Crippen molar-refractivity contribution in [2.24, 2.45) is 0 Å². The summed E-state index contributed by atoms with van der Waals surface area (Å²) < 4.78 is 36.0. The Balaban J connectivity index is 2.86. The van der Waals surface area contributed by atoms with Crippen LogP contribution < -0.4 is 0 Å². The lowest BCUT2D eigenvalue weighted by molar-refractivity contribution is -0.170. The van der Waals surface area contributed by atoms with E-state index in [9.17, 15) is 18.0 Å². The summed E-state index contributed by atoms with van der Waals surface area (Å²) in [6.07, 6.45) is -5.32. The molecule has 0 radical (unpaired) electrons. The lowest BCUT2D eigenvalue weighted by Gasteiger charge is -2.06. The number of carbonyl (C=O) groups is 1. The molecule has 82 valence electrons. The van der Waals surface area contributed by atoms with E-state index >= 15 is 0 Å². The van der Waals surface area contributed by atoms with Crippen LogP contribution in [0, 0.1) is 13.8 Å². The molecule has 0 saturated heterocycles. The van der Waals surface area contributed by atoms with E-state index in [0.29, 0.717) is 5.56 Å². The van der Waals surface area contributed by atoms with Gasteiger partial charge in [0.2, 0.25) is 5.78 Å². The molecule has 0 aliphatic carbocycles. The van der Waals surface area contributed by atoms with E-state index in [2.05, 4.69) is 0 Å². The highest BCUT2D eigenvalue weighted by atomic mass is 19.4. The first-order chi connectivity index (χ1) is 6.79. The normalized spacial score (nSPS) is 11.5. The van der Waals surface area contributed by atoms with Gasteiger partial charge < -0.3 is 0 Å². The molecule has 0 aromatic heterocycles. The number of ketones is 1. The van der Waals surface area contributed by atoms with Gasteiger partial charge in [-0.2, -0.15) is 13.2 Å². The number of hydrogen-bond donors (Lipinski definition) is 0. The highest BCUT2D eigenvalue weighted by molar-refractivity contribution is 5.86. The van der Waals surface area contributed by atoms with Gasteiger partial charge in [-0.25, -0.2) is 0 Å². The van der Waals surface area contributed by atoms with Crippen molar-refractivity contribution in [3.63, 3.8) is 0 Å². The topological polar surface area (TPSA) is 17.1 Å². The van der Waals surface area contributed by atoms with Gasteiger partial charge in [-0.05, 0) is 19.4 Å². The summed E-state index contributed by atoms with van der Waals surface area (Å²) >= 11 is 0. The molecular formula is C11H11F3O. The number of benzene rings is 1. The highest BCUT2D eigenvalue weighted by Gasteiger charge is 2.37. The Morgan fingerprint density at radius 3 is 2.00 bits per heavy atom. The van der Waals surface area contributed by atoms with E-state index in [-0.39, 0.29) is 0 Å². The Hall–Kier alpha value is -1.32. The number of hydrogen-bond acceptors (Lipinski definition) is 1. The van der Waals surface area contributed by atoms with Gasteiger partial charge in [0.25, 0.3) is 0 Å². The first kappa shape index (κ1) is 11.8. The summed E-state index contributed by atoms with van der Waals surface area (Å²) in [7, 11) is 0. The van der Waals surface area contributed by atoms with Crippen molar-refractivity contribution in [1.29, 1.82) is 0 Å². The third-order valence-electron chi connectivity index (χ3n) is 1.96. The molecule has 1 nitrogen and oxygen atoms in total. The lowest BCUT2D eigenvalue weighted by atomic mass is 10.0. The molecule has 1 rings (SSSR count). The minimum atomic E-state index is -4.74. The maximum absolute atomic E-state index is 12.0. The molecule has 0 fully saturated rings. The summed E-state index contributed by atoms with van der Waals surface area (Å²) in [5.74, 6) is -1.70. The van der Waals surface area contributed by atoms with Gasteiger partial charge in [0.15, 0.2) is 0 Å². The number of alkyl halides is 3. The maximum Gasteiger partial charge on any atom is 0.450 e. The zero-order valence-corrected chi connectivity index (χ0v) is 8.48. The van der Waals surface area contributed by atoms with Crippen LogP contribution >= 0.6 is 0 Å². The van der Waals surface area contributed by atoms with Gasteiger partial charge in [-0.15, -0.1) is 0 Å². The Kier molecular flexibility index (Phi) is 3.17. The number of aryl methyl sites for hydroxylation is 2. The van der Waals surface area contributed by atoms with Crippen molar-refractivity contribution in [1.82, 2.24) is 0 Å². The molecule has 0 aliphatic rings. The zero-order chi connectivity index (χ0) is 11.6. The molecule has 0 bridgehead atoms. The van der Waals surface area contributed by atoms with Crippen LogP contribution in [-0.4, -0.2) is 12.0 Å². The van der Waals surface area contributed by atoms with E-state index in [1.54, 1.807) is 26.0 Å². The molecule has 0 aliphatic heterocycles. The van der Waals surface area contributed by atoms with E-state index in [1.807, 2.05) is 6.07 Å². The molecule has 0 heterocycles. The molecule has 0 N–H and O–H groups in total. The predicted molar refractivity (Wildman–Crippen MR) is 50.7 cm³/mol. The molecule has 4 heteroatoms. The molecule has 0 spiro atoms. The molecule has 0 unspecified atom stereocenters. The van der Waals surface area contributed by atoms with Crippen LogP contribution in [0.4, 0.5) is 13.2 Å². The second kappa shape index (κ2) is 4.04. The first-order valence-corrected chi connectivity index (χ1v) is 4.46. The van der Waals surface area contributed by atoms with E-state index in [1.165, 1.54) is 0 Å². The smallest absolute Gasteiger partial charge is 0.289 e. The monoisotopic (exact) mass is 216 g/mol. The summed E-state index contributed by atoms with van der Waals surface area (Å²) in [6.45, 7) is 3.57. The molecule has 0 atom stereocenters. The first-order valence-electron chi connectivity index (χ1n) is 4.46. The quantitative estimate of drug-likeness (QED) is 0.742. The van der Waals surface area contributed by atoms with Gasteiger partial charge in [0, 0.05) is 6.42 Å². The van der Waals surface area contributed by atoms with Crippen LogP contribution in [0.5, 0.6) is 0 Å². The minimum absolute atomic E-state index is 0.412. The maximum atomic E-state index is 12.0. The van der Waals surface area contributed by atoms with Crippen molar-refractivity contribution < 1.29 is 18.0 Å². The zero-order valence-electron chi connectivity index (χ0n) is 8.48. The van der Waals surface area contributed by atoms with Gasteiger partial charge in [-0.3, -0.25) is 4.79 Å². The highest BCUT2D eigenvalue weighted by Crippen LogP contribution is 2.19. The third-order valence-corrected chi connectivity index (χ3v) is 1.96. The van der Waals surface area contributed by atoms with Crippen molar-refractivity contribution >= 4 is 5.78 Å². The fourth-order valence-electron chi connectivity index (χ4n) is 1.46. The van der Waals surface area contributed by atoms with Crippen LogP contribution in [0.1, 0.15) is 16.7 Å².